The highest BCUT2D eigenvalue weighted by Crippen LogP contribution is 2.32. The maximum Gasteiger partial charge on any atom is 0.303 e. The van der Waals surface area contributed by atoms with E-state index in [1.807, 2.05) is 60.0 Å². The van der Waals surface area contributed by atoms with Gasteiger partial charge in [-0.3, -0.25) is 4.79 Å². The molecule has 0 aliphatic rings. The Morgan fingerprint density at radius 3 is 2.79 bits per heavy atom. The fourth-order valence-electron chi connectivity index (χ4n) is 2.91. The summed E-state index contributed by atoms with van der Waals surface area (Å²) in [6, 6.07) is 15.7. The summed E-state index contributed by atoms with van der Waals surface area (Å²) in [6.45, 7) is 0. The van der Waals surface area contributed by atoms with Gasteiger partial charge < -0.3 is 9.84 Å². The topological polar surface area (TPSA) is 72.3 Å². The Hall–Kier alpha value is -3.03. The molecule has 0 aliphatic carbocycles. The fourth-order valence-corrected chi connectivity index (χ4v) is 4.70. The van der Waals surface area contributed by atoms with Crippen LogP contribution in [-0.4, -0.2) is 28.2 Å². The van der Waals surface area contributed by atoms with E-state index in [2.05, 4.69) is 0 Å². The molecule has 0 saturated heterocycles. The van der Waals surface area contributed by atoms with E-state index >= 15 is 0 Å². The van der Waals surface area contributed by atoms with Gasteiger partial charge in [0.15, 0.2) is 0 Å². The molecule has 2 aromatic carbocycles. The van der Waals surface area contributed by atoms with Crippen molar-refractivity contribution in [2.45, 2.75) is 12.8 Å². The van der Waals surface area contributed by atoms with Gasteiger partial charge in [0.2, 0.25) is 0 Å². The number of thiazole rings is 2. The molecule has 0 bridgehead atoms. The highest BCUT2D eigenvalue weighted by Gasteiger charge is 2.12. The molecule has 0 aliphatic heterocycles. The quantitative estimate of drug-likeness (QED) is 0.405. The second-order valence-electron chi connectivity index (χ2n) is 6.36. The first-order valence-electron chi connectivity index (χ1n) is 9.00. The van der Waals surface area contributed by atoms with Crippen molar-refractivity contribution in [2.24, 2.45) is 0 Å². The SMILES string of the molecule is COc1cccc(-c2nc(/C=C(\CCC(=O)O)c3nc4ccccc4s3)cs2)c1. The lowest BCUT2D eigenvalue weighted by atomic mass is 10.1. The van der Waals surface area contributed by atoms with Gasteiger partial charge in [0.25, 0.3) is 0 Å². The summed E-state index contributed by atoms with van der Waals surface area (Å²) in [5.41, 5.74) is 3.59. The number of carboxylic acid groups (broad SMARTS) is 1. The van der Waals surface area contributed by atoms with Crippen LogP contribution in [0.3, 0.4) is 0 Å². The number of benzene rings is 2. The molecule has 146 valence electrons. The number of aromatic nitrogens is 2. The molecule has 0 amide bonds. The van der Waals surface area contributed by atoms with E-state index in [9.17, 15) is 4.79 Å². The van der Waals surface area contributed by atoms with Crippen LogP contribution in [0.1, 0.15) is 23.5 Å². The average molecular weight is 423 g/mol. The monoisotopic (exact) mass is 422 g/mol. The fraction of sp³-hybridized carbons (Fsp3) is 0.136. The van der Waals surface area contributed by atoms with Crippen LogP contribution in [0, 0.1) is 0 Å². The maximum absolute atomic E-state index is 11.1. The number of hydrogen-bond donors (Lipinski definition) is 1. The van der Waals surface area contributed by atoms with Gasteiger partial charge in [-0.15, -0.1) is 22.7 Å². The van der Waals surface area contributed by atoms with Gasteiger partial charge in [0, 0.05) is 17.4 Å². The smallest absolute Gasteiger partial charge is 0.303 e. The van der Waals surface area contributed by atoms with E-state index in [4.69, 9.17) is 19.8 Å². The molecule has 0 radical (unpaired) electrons. The Balaban J connectivity index is 1.68. The maximum atomic E-state index is 11.1. The molecule has 0 atom stereocenters. The number of rotatable bonds is 7. The first-order valence-corrected chi connectivity index (χ1v) is 10.7. The third kappa shape index (κ3) is 4.52. The minimum absolute atomic E-state index is 0.0502. The van der Waals surface area contributed by atoms with Gasteiger partial charge >= 0.3 is 5.97 Å². The number of carboxylic acids is 1. The van der Waals surface area contributed by atoms with Gasteiger partial charge in [-0.25, -0.2) is 9.97 Å². The number of para-hydroxylation sites is 1. The van der Waals surface area contributed by atoms with E-state index in [1.54, 1.807) is 29.8 Å². The highest BCUT2D eigenvalue weighted by atomic mass is 32.1. The van der Waals surface area contributed by atoms with E-state index in [0.717, 1.165) is 42.8 Å². The molecule has 0 unspecified atom stereocenters. The molecule has 2 heterocycles. The highest BCUT2D eigenvalue weighted by molar-refractivity contribution is 7.19. The summed E-state index contributed by atoms with van der Waals surface area (Å²) in [4.78, 5) is 20.5. The van der Waals surface area contributed by atoms with Gasteiger partial charge in [-0.05, 0) is 42.3 Å². The van der Waals surface area contributed by atoms with Crippen molar-refractivity contribution in [1.29, 1.82) is 0 Å². The number of aliphatic carboxylic acids is 1. The number of hydrogen-bond acceptors (Lipinski definition) is 6. The molecule has 7 heteroatoms. The van der Waals surface area contributed by atoms with E-state index in [1.165, 1.54) is 0 Å². The number of methoxy groups -OCH3 is 1. The van der Waals surface area contributed by atoms with Crippen LogP contribution < -0.4 is 4.74 Å². The van der Waals surface area contributed by atoms with Crippen LogP contribution in [0.5, 0.6) is 5.75 Å². The third-order valence-corrected chi connectivity index (χ3v) is 6.36. The summed E-state index contributed by atoms with van der Waals surface area (Å²) in [5.74, 6) is -0.0428. The molecule has 0 spiro atoms. The van der Waals surface area contributed by atoms with Crippen molar-refractivity contribution in [3.63, 3.8) is 0 Å². The molecular weight excluding hydrogens is 404 g/mol. The molecule has 29 heavy (non-hydrogen) atoms. The summed E-state index contributed by atoms with van der Waals surface area (Å²) < 4.78 is 6.37. The Kier molecular flexibility index (Phi) is 5.69. The number of ether oxygens (including phenoxy) is 1. The standard InChI is InChI=1S/C22H18N2O3S2/c1-27-17-6-4-5-14(12-17)21-23-16(13-28-21)11-15(9-10-20(25)26)22-24-18-7-2-3-8-19(18)29-22/h2-8,11-13H,9-10H2,1H3,(H,25,26)/b15-11+. The molecule has 4 rings (SSSR count). The Labute approximate surface area is 176 Å². The lowest BCUT2D eigenvalue weighted by Crippen LogP contribution is -1.95. The zero-order valence-corrected chi connectivity index (χ0v) is 17.3. The second-order valence-corrected chi connectivity index (χ2v) is 8.25. The third-order valence-electron chi connectivity index (χ3n) is 4.34. The molecule has 2 aromatic heterocycles. The van der Waals surface area contributed by atoms with Gasteiger partial charge in [0.05, 0.1) is 23.0 Å². The average Bonchev–Trinajstić information content (AvgIpc) is 3.38. The van der Waals surface area contributed by atoms with Crippen LogP contribution >= 0.6 is 22.7 Å². The second kappa shape index (κ2) is 8.55. The molecular formula is C22H18N2O3S2. The first kappa shape index (κ1) is 19.3. The molecule has 1 N–H and O–H groups in total. The summed E-state index contributed by atoms with van der Waals surface area (Å²) >= 11 is 3.12. The molecule has 0 fully saturated rings. The molecule has 0 saturated carbocycles. The number of nitrogens with zero attached hydrogens (tertiary/aromatic N) is 2. The summed E-state index contributed by atoms with van der Waals surface area (Å²) in [6.07, 6.45) is 2.40. The van der Waals surface area contributed by atoms with Crippen molar-refractivity contribution < 1.29 is 14.6 Å². The van der Waals surface area contributed by atoms with Crippen molar-refractivity contribution >= 4 is 50.5 Å². The summed E-state index contributed by atoms with van der Waals surface area (Å²) in [7, 11) is 1.64. The number of fused-ring (bicyclic) bond motifs is 1. The largest absolute Gasteiger partial charge is 0.497 e. The van der Waals surface area contributed by atoms with Crippen LogP contribution in [0.25, 0.3) is 32.4 Å². The van der Waals surface area contributed by atoms with E-state index < -0.39 is 5.97 Å². The lowest BCUT2D eigenvalue weighted by molar-refractivity contribution is -0.136. The van der Waals surface area contributed by atoms with Crippen LogP contribution in [0.2, 0.25) is 0 Å². The van der Waals surface area contributed by atoms with Gasteiger partial charge in [0.1, 0.15) is 15.8 Å². The van der Waals surface area contributed by atoms with Crippen molar-refractivity contribution in [3.05, 3.63) is 64.6 Å². The lowest BCUT2D eigenvalue weighted by Gasteiger charge is -2.02. The molecule has 4 aromatic rings. The van der Waals surface area contributed by atoms with Gasteiger partial charge in [-0.2, -0.15) is 0 Å². The predicted molar refractivity (Wildman–Crippen MR) is 118 cm³/mol. The van der Waals surface area contributed by atoms with Crippen LogP contribution in [0.15, 0.2) is 53.9 Å². The van der Waals surface area contributed by atoms with Crippen molar-refractivity contribution in [1.82, 2.24) is 9.97 Å². The Bertz CT molecular complexity index is 1160. The molecule has 5 nitrogen and oxygen atoms in total. The van der Waals surface area contributed by atoms with Crippen molar-refractivity contribution in [3.8, 4) is 16.3 Å². The number of carbonyl (C=O) groups is 1. The minimum Gasteiger partial charge on any atom is -0.497 e. The van der Waals surface area contributed by atoms with E-state index in [-0.39, 0.29) is 6.42 Å². The minimum atomic E-state index is -0.827. The Morgan fingerprint density at radius 2 is 2.00 bits per heavy atom. The van der Waals surface area contributed by atoms with Crippen LogP contribution in [-0.2, 0) is 4.79 Å². The van der Waals surface area contributed by atoms with Crippen LogP contribution in [0.4, 0.5) is 0 Å². The normalized spacial score (nSPS) is 11.7. The van der Waals surface area contributed by atoms with E-state index in [0.29, 0.717) is 6.42 Å². The zero-order valence-electron chi connectivity index (χ0n) is 15.7. The summed E-state index contributed by atoms with van der Waals surface area (Å²) in [5, 5.41) is 12.8. The predicted octanol–water partition coefficient (Wildman–Crippen LogP) is 5.83. The van der Waals surface area contributed by atoms with Gasteiger partial charge in [-0.1, -0.05) is 24.3 Å². The Morgan fingerprint density at radius 1 is 1.14 bits per heavy atom. The zero-order chi connectivity index (χ0) is 20.2. The first-order chi connectivity index (χ1) is 14.1. The number of allylic oxidation sites excluding steroid dienone is 1. The van der Waals surface area contributed by atoms with Crippen molar-refractivity contribution in [2.75, 3.05) is 7.11 Å².